The summed E-state index contributed by atoms with van der Waals surface area (Å²) in [6, 6.07) is 17.8. The van der Waals surface area contributed by atoms with Crippen molar-refractivity contribution in [3.63, 3.8) is 0 Å². The monoisotopic (exact) mass is 587 g/mol. The number of ether oxygens (including phenoxy) is 1. The normalized spacial score (nSPS) is 11.5. The second-order valence-electron chi connectivity index (χ2n) is 9.44. The lowest BCUT2D eigenvalue weighted by Gasteiger charge is -2.25. The van der Waals surface area contributed by atoms with E-state index >= 15 is 0 Å². The van der Waals surface area contributed by atoms with Crippen LogP contribution in [0.15, 0.2) is 76.1 Å². The van der Waals surface area contributed by atoms with Gasteiger partial charge in [-0.15, -0.1) is 0 Å². The number of halogens is 1. The maximum atomic E-state index is 13.7. The maximum Gasteiger partial charge on any atom is 0.264 e. The summed E-state index contributed by atoms with van der Waals surface area (Å²) in [6.45, 7) is 6.94. The predicted molar refractivity (Wildman–Crippen MR) is 149 cm³/mol. The number of anilines is 2. The molecule has 196 valence electrons. The molecule has 0 spiro atoms. The second kappa shape index (κ2) is 11.4. The molecule has 3 rings (SSSR count). The molecule has 0 atom stereocenters. The fraction of sp³-hybridized carbons (Fsp3) is 0.259. The van der Waals surface area contributed by atoms with Gasteiger partial charge in [-0.25, -0.2) is 8.42 Å². The highest BCUT2D eigenvalue weighted by atomic mass is 79.9. The smallest absolute Gasteiger partial charge is 0.264 e. The lowest BCUT2D eigenvalue weighted by Crippen LogP contribution is -2.41. The summed E-state index contributed by atoms with van der Waals surface area (Å²) in [5.74, 6) is -0.481. The summed E-state index contributed by atoms with van der Waals surface area (Å²) >= 11 is 3.33. The molecule has 0 aromatic heterocycles. The number of aryl methyl sites for hydroxylation is 1. The van der Waals surface area contributed by atoms with Gasteiger partial charge in [-0.05, 0) is 86.1 Å². The minimum atomic E-state index is -4.14. The minimum absolute atomic E-state index is 0.0153. The summed E-state index contributed by atoms with van der Waals surface area (Å²) in [4.78, 5) is 26.0. The van der Waals surface area contributed by atoms with Crippen LogP contribution in [-0.4, -0.2) is 39.4 Å². The van der Waals surface area contributed by atoms with E-state index in [-0.39, 0.29) is 22.1 Å². The average molecular weight is 589 g/mol. The summed E-state index contributed by atoms with van der Waals surface area (Å²) in [6.07, 6.45) is 0. The Hall–Kier alpha value is -3.37. The highest BCUT2D eigenvalue weighted by Crippen LogP contribution is 2.31. The molecule has 37 heavy (non-hydrogen) atoms. The first-order valence-electron chi connectivity index (χ1n) is 11.5. The molecule has 0 bridgehead atoms. The van der Waals surface area contributed by atoms with Gasteiger partial charge in [-0.1, -0.05) is 29.8 Å². The lowest BCUT2D eigenvalue weighted by atomic mass is 10.1. The fourth-order valence-corrected chi connectivity index (χ4v) is 5.62. The molecule has 2 N–H and O–H groups in total. The molecule has 2 amide bonds. The zero-order valence-electron chi connectivity index (χ0n) is 21.3. The molecular formula is C27H30BrN3O5S. The fourth-order valence-electron chi connectivity index (χ4n) is 3.48. The topological polar surface area (TPSA) is 105 Å². The van der Waals surface area contributed by atoms with E-state index in [2.05, 4.69) is 26.6 Å². The molecule has 0 aliphatic rings. The van der Waals surface area contributed by atoms with Gasteiger partial charge >= 0.3 is 0 Å². The van der Waals surface area contributed by atoms with E-state index in [4.69, 9.17) is 4.74 Å². The summed E-state index contributed by atoms with van der Waals surface area (Å²) in [5.41, 5.74) is 1.34. The molecule has 0 aliphatic heterocycles. The number of para-hydroxylation sites is 1. The molecule has 0 heterocycles. The molecule has 8 nitrogen and oxygen atoms in total. The maximum absolute atomic E-state index is 13.7. The molecule has 3 aromatic rings. The second-order valence-corrected chi connectivity index (χ2v) is 12.2. The van der Waals surface area contributed by atoms with Crippen LogP contribution in [0, 0.1) is 6.92 Å². The largest absolute Gasteiger partial charge is 0.496 e. The van der Waals surface area contributed by atoms with Crippen LogP contribution >= 0.6 is 15.9 Å². The van der Waals surface area contributed by atoms with Crippen LogP contribution in [0.5, 0.6) is 5.75 Å². The van der Waals surface area contributed by atoms with E-state index in [1.807, 2.05) is 27.7 Å². The number of hydrogen-bond donors (Lipinski definition) is 2. The third kappa shape index (κ3) is 7.11. The highest BCUT2D eigenvalue weighted by Gasteiger charge is 2.28. The summed E-state index contributed by atoms with van der Waals surface area (Å²) in [7, 11) is -2.66. The van der Waals surface area contributed by atoms with Gasteiger partial charge in [0.05, 0.1) is 33.4 Å². The lowest BCUT2D eigenvalue weighted by molar-refractivity contribution is -0.114. The van der Waals surface area contributed by atoms with Crippen LogP contribution in [0.3, 0.4) is 0 Å². The first-order valence-corrected chi connectivity index (χ1v) is 13.7. The average Bonchev–Trinajstić information content (AvgIpc) is 2.82. The van der Waals surface area contributed by atoms with Crippen LogP contribution in [0.25, 0.3) is 0 Å². The van der Waals surface area contributed by atoms with Gasteiger partial charge in [-0.2, -0.15) is 0 Å². The van der Waals surface area contributed by atoms with Crippen molar-refractivity contribution >= 4 is 49.1 Å². The minimum Gasteiger partial charge on any atom is -0.496 e. The van der Waals surface area contributed by atoms with E-state index in [1.165, 1.54) is 25.3 Å². The number of amides is 2. The number of rotatable bonds is 8. The number of carbonyl (C=O) groups excluding carboxylic acids is 2. The first-order chi connectivity index (χ1) is 17.3. The zero-order chi connectivity index (χ0) is 27.4. The van der Waals surface area contributed by atoms with Gasteiger partial charge in [-0.3, -0.25) is 13.9 Å². The number of hydrogen-bond acceptors (Lipinski definition) is 5. The zero-order valence-corrected chi connectivity index (χ0v) is 23.7. The van der Waals surface area contributed by atoms with Crippen molar-refractivity contribution in [1.82, 2.24) is 5.32 Å². The van der Waals surface area contributed by atoms with Crippen LogP contribution in [0.1, 0.15) is 36.7 Å². The van der Waals surface area contributed by atoms with E-state index in [9.17, 15) is 18.0 Å². The Morgan fingerprint density at radius 1 is 1.00 bits per heavy atom. The Kier molecular flexibility index (Phi) is 8.65. The summed E-state index contributed by atoms with van der Waals surface area (Å²) in [5, 5.41) is 5.58. The van der Waals surface area contributed by atoms with E-state index in [0.717, 1.165) is 9.87 Å². The number of methoxy groups -OCH3 is 1. The van der Waals surface area contributed by atoms with Crippen molar-refractivity contribution < 1.29 is 22.7 Å². The van der Waals surface area contributed by atoms with Crippen molar-refractivity contribution in [1.29, 1.82) is 0 Å². The SMILES string of the molecule is COc1ccc(S(=O)(=O)N(CC(=O)Nc2ccccc2C(=O)NC(C)(C)C)c2ccc(C)cc2)cc1Br. The van der Waals surface area contributed by atoms with Gasteiger partial charge in [0.15, 0.2) is 0 Å². The Morgan fingerprint density at radius 2 is 1.65 bits per heavy atom. The number of sulfonamides is 1. The van der Waals surface area contributed by atoms with Crippen molar-refractivity contribution in [3.05, 3.63) is 82.3 Å². The Morgan fingerprint density at radius 3 is 2.24 bits per heavy atom. The standard InChI is InChI=1S/C27H30BrN3O5S/c1-18-10-12-19(13-11-18)31(37(34,35)20-14-15-24(36-5)22(28)16-20)17-25(32)29-23-9-7-6-8-21(23)26(33)30-27(2,3)4/h6-16H,17H2,1-5H3,(H,29,32)(H,30,33). The van der Waals surface area contributed by atoms with Gasteiger partial charge < -0.3 is 15.4 Å². The van der Waals surface area contributed by atoms with Crippen molar-refractivity contribution in [3.8, 4) is 5.75 Å². The van der Waals surface area contributed by atoms with Crippen LogP contribution in [0.2, 0.25) is 0 Å². The van der Waals surface area contributed by atoms with Gasteiger partial charge in [0.25, 0.3) is 15.9 Å². The van der Waals surface area contributed by atoms with Crippen LogP contribution in [-0.2, 0) is 14.8 Å². The molecule has 0 saturated carbocycles. The quantitative estimate of drug-likeness (QED) is 0.380. The number of nitrogens with zero attached hydrogens (tertiary/aromatic N) is 1. The molecule has 0 fully saturated rings. The van der Waals surface area contributed by atoms with Gasteiger partial charge in [0.2, 0.25) is 5.91 Å². The predicted octanol–water partition coefficient (Wildman–Crippen LogP) is 5.13. The third-order valence-corrected chi connectivity index (χ3v) is 7.64. The van der Waals surface area contributed by atoms with E-state index in [0.29, 0.717) is 15.9 Å². The highest BCUT2D eigenvalue weighted by molar-refractivity contribution is 9.10. The van der Waals surface area contributed by atoms with Gasteiger partial charge in [0.1, 0.15) is 12.3 Å². The number of benzene rings is 3. The Bertz CT molecular complexity index is 1400. The van der Waals surface area contributed by atoms with Crippen molar-refractivity contribution in [2.75, 3.05) is 23.3 Å². The van der Waals surface area contributed by atoms with E-state index < -0.39 is 28.0 Å². The molecule has 3 aromatic carbocycles. The van der Waals surface area contributed by atoms with Crippen LogP contribution < -0.4 is 19.7 Å². The van der Waals surface area contributed by atoms with E-state index in [1.54, 1.807) is 48.5 Å². The van der Waals surface area contributed by atoms with Crippen LogP contribution in [0.4, 0.5) is 11.4 Å². The summed E-state index contributed by atoms with van der Waals surface area (Å²) < 4.78 is 34.1. The van der Waals surface area contributed by atoms with Crippen molar-refractivity contribution in [2.24, 2.45) is 0 Å². The molecule has 0 unspecified atom stereocenters. The molecule has 0 radical (unpaired) electrons. The molecule has 0 aliphatic carbocycles. The molecule has 0 saturated heterocycles. The number of nitrogens with one attached hydrogen (secondary N) is 2. The third-order valence-electron chi connectivity index (χ3n) is 5.25. The Labute approximate surface area is 226 Å². The number of carbonyl (C=O) groups is 2. The molecular weight excluding hydrogens is 558 g/mol. The van der Waals surface area contributed by atoms with Crippen molar-refractivity contribution in [2.45, 2.75) is 38.1 Å². The van der Waals surface area contributed by atoms with Gasteiger partial charge in [0, 0.05) is 5.54 Å². The molecule has 10 heteroatoms. The Balaban J connectivity index is 1.95. The first kappa shape index (κ1) is 28.2.